The van der Waals surface area contributed by atoms with Gasteiger partial charge in [0.05, 0.1) is 0 Å². The lowest BCUT2D eigenvalue weighted by molar-refractivity contribution is 0.298. The summed E-state index contributed by atoms with van der Waals surface area (Å²) in [6, 6.07) is 6.09. The molecule has 1 heterocycles. The van der Waals surface area contributed by atoms with E-state index in [1.54, 1.807) is 0 Å². The fourth-order valence-corrected chi connectivity index (χ4v) is 1.57. The van der Waals surface area contributed by atoms with Gasteiger partial charge in [0.2, 0.25) is 0 Å². The third kappa shape index (κ3) is 4.38. The lowest BCUT2D eigenvalue weighted by Crippen LogP contribution is -2.25. The zero-order valence-corrected chi connectivity index (χ0v) is 9.40. The average Bonchev–Trinajstić information content (AvgIpc) is 2.15. The van der Waals surface area contributed by atoms with Gasteiger partial charge < -0.3 is 4.90 Å². The van der Waals surface area contributed by atoms with Gasteiger partial charge >= 0.3 is 0 Å². The Balaban J connectivity index is 2.27. The molecule has 14 heavy (non-hydrogen) atoms. The fraction of sp³-hybridized carbons (Fsp3) is 0.583. The molecule has 0 aromatic carbocycles. The molecular formula is C12H20N2. The van der Waals surface area contributed by atoms with Crippen LogP contribution in [0.15, 0.2) is 24.4 Å². The minimum Gasteiger partial charge on any atom is -0.306 e. The van der Waals surface area contributed by atoms with Gasteiger partial charge in [-0.05, 0) is 25.1 Å². The van der Waals surface area contributed by atoms with Crippen molar-refractivity contribution in [3.05, 3.63) is 30.1 Å². The van der Waals surface area contributed by atoms with E-state index in [-0.39, 0.29) is 0 Å². The molecule has 2 nitrogen and oxygen atoms in total. The van der Waals surface area contributed by atoms with Crippen molar-refractivity contribution in [3.8, 4) is 0 Å². The molecule has 0 radical (unpaired) electrons. The largest absolute Gasteiger partial charge is 0.306 e. The molecule has 0 aliphatic heterocycles. The summed E-state index contributed by atoms with van der Waals surface area (Å²) in [6.07, 6.45) is 2.90. The molecule has 0 unspecified atom stereocenters. The van der Waals surface area contributed by atoms with Crippen molar-refractivity contribution in [1.29, 1.82) is 0 Å². The van der Waals surface area contributed by atoms with Gasteiger partial charge in [-0.3, -0.25) is 4.98 Å². The topological polar surface area (TPSA) is 16.1 Å². The van der Waals surface area contributed by atoms with E-state index in [9.17, 15) is 0 Å². The second kappa shape index (κ2) is 5.76. The smallest absolute Gasteiger partial charge is 0.0416 e. The Bertz CT molecular complexity index is 244. The van der Waals surface area contributed by atoms with E-state index in [0.717, 1.165) is 25.4 Å². The molecular weight excluding hydrogens is 172 g/mol. The van der Waals surface area contributed by atoms with Crippen molar-refractivity contribution in [1.82, 2.24) is 9.88 Å². The summed E-state index contributed by atoms with van der Waals surface area (Å²) in [4.78, 5) is 6.66. The number of rotatable bonds is 5. The van der Waals surface area contributed by atoms with Crippen molar-refractivity contribution in [2.75, 3.05) is 20.1 Å². The van der Waals surface area contributed by atoms with E-state index in [4.69, 9.17) is 0 Å². The molecule has 0 saturated carbocycles. The highest BCUT2D eigenvalue weighted by atomic mass is 15.1. The van der Waals surface area contributed by atoms with E-state index in [1.807, 2.05) is 18.3 Å². The molecule has 1 aromatic rings. The summed E-state index contributed by atoms with van der Waals surface area (Å²) in [5.74, 6) is 0.740. The highest BCUT2D eigenvalue weighted by molar-refractivity contribution is 5.03. The first kappa shape index (κ1) is 11.2. The average molecular weight is 192 g/mol. The number of likely N-dealkylation sites (N-methyl/N-ethyl adjacent to an activating group) is 1. The third-order valence-electron chi connectivity index (χ3n) is 2.15. The number of aromatic nitrogens is 1. The molecule has 1 aromatic heterocycles. The lowest BCUT2D eigenvalue weighted by Gasteiger charge is -2.18. The molecule has 1 rings (SSSR count). The van der Waals surface area contributed by atoms with Gasteiger partial charge in [-0.15, -0.1) is 0 Å². The molecule has 0 atom stereocenters. The number of pyridine rings is 1. The summed E-state index contributed by atoms with van der Waals surface area (Å²) < 4.78 is 0. The van der Waals surface area contributed by atoms with Crippen LogP contribution in [0.4, 0.5) is 0 Å². The summed E-state index contributed by atoms with van der Waals surface area (Å²) in [7, 11) is 2.17. The number of nitrogens with zero attached hydrogens (tertiary/aromatic N) is 2. The van der Waals surface area contributed by atoms with Gasteiger partial charge in [-0.2, -0.15) is 0 Å². The van der Waals surface area contributed by atoms with Crippen LogP contribution in [0.25, 0.3) is 0 Å². The Morgan fingerprint density at radius 2 is 2.14 bits per heavy atom. The number of hydrogen-bond donors (Lipinski definition) is 0. The van der Waals surface area contributed by atoms with Crippen LogP contribution in [-0.2, 0) is 6.42 Å². The van der Waals surface area contributed by atoms with Gasteiger partial charge in [-0.25, -0.2) is 0 Å². The summed E-state index contributed by atoms with van der Waals surface area (Å²) in [5, 5.41) is 0. The summed E-state index contributed by atoms with van der Waals surface area (Å²) >= 11 is 0. The third-order valence-corrected chi connectivity index (χ3v) is 2.15. The quantitative estimate of drug-likeness (QED) is 0.711. The maximum Gasteiger partial charge on any atom is 0.0416 e. The molecule has 0 N–H and O–H groups in total. The zero-order chi connectivity index (χ0) is 10.4. The van der Waals surface area contributed by atoms with Crippen molar-refractivity contribution in [2.45, 2.75) is 20.3 Å². The van der Waals surface area contributed by atoms with Crippen molar-refractivity contribution in [2.24, 2.45) is 5.92 Å². The minimum atomic E-state index is 0.740. The summed E-state index contributed by atoms with van der Waals surface area (Å²) in [5.41, 5.74) is 1.18. The Hall–Kier alpha value is -0.890. The Labute approximate surface area is 87.0 Å². The maximum atomic E-state index is 4.30. The van der Waals surface area contributed by atoms with Crippen LogP contribution in [0.1, 0.15) is 19.5 Å². The van der Waals surface area contributed by atoms with E-state index >= 15 is 0 Å². The Kier molecular flexibility index (Phi) is 4.60. The number of hydrogen-bond acceptors (Lipinski definition) is 2. The normalized spacial score (nSPS) is 11.2. The van der Waals surface area contributed by atoms with Gasteiger partial charge in [0, 0.05) is 31.4 Å². The maximum absolute atomic E-state index is 4.30. The molecule has 0 saturated heterocycles. The molecule has 0 amide bonds. The standard InChI is InChI=1S/C12H20N2/c1-11(2)10-14(3)9-7-12-6-4-5-8-13-12/h4-6,8,11H,7,9-10H2,1-3H3. The van der Waals surface area contributed by atoms with Crippen LogP contribution in [0.3, 0.4) is 0 Å². The molecule has 0 spiro atoms. The van der Waals surface area contributed by atoms with Crippen LogP contribution in [0.5, 0.6) is 0 Å². The van der Waals surface area contributed by atoms with Crippen LogP contribution in [0, 0.1) is 5.92 Å². The highest BCUT2D eigenvalue weighted by Crippen LogP contribution is 1.99. The first-order chi connectivity index (χ1) is 6.68. The SMILES string of the molecule is CC(C)CN(C)CCc1ccccn1. The van der Waals surface area contributed by atoms with Crippen LogP contribution < -0.4 is 0 Å². The van der Waals surface area contributed by atoms with Crippen LogP contribution >= 0.6 is 0 Å². The molecule has 0 bridgehead atoms. The second-order valence-electron chi connectivity index (χ2n) is 4.23. The predicted molar refractivity (Wildman–Crippen MR) is 60.3 cm³/mol. The first-order valence-corrected chi connectivity index (χ1v) is 5.27. The molecule has 0 aliphatic carbocycles. The van der Waals surface area contributed by atoms with E-state index in [0.29, 0.717) is 0 Å². The second-order valence-corrected chi connectivity index (χ2v) is 4.23. The molecule has 0 aliphatic rings. The van der Waals surface area contributed by atoms with Gasteiger partial charge in [0.1, 0.15) is 0 Å². The Morgan fingerprint density at radius 3 is 2.71 bits per heavy atom. The highest BCUT2D eigenvalue weighted by Gasteiger charge is 2.01. The van der Waals surface area contributed by atoms with E-state index in [1.165, 1.54) is 5.69 Å². The van der Waals surface area contributed by atoms with Crippen molar-refractivity contribution in [3.63, 3.8) is 0 Å². The molecule has 78 valence electrons. The van der Waals surface area contributed by atoms with Crippen molar-refractivity contribution >= 4 is 0 Å². The molecule has 0 fully saturated rings. The van der Waals surface area contributed by atoms with Crippen LogP contribution in [0.2, 0.25) is 0 Å². The lowest BCUT2D eigenvalue weighted by atomic mass is 10.2. The molecule has 2 heteroatoms. The van der Waals surface area contributed by atoms with Gasteiger partial charge in [0.15, 0.2) is 0 Å². The van der Waals surface area contributed by atoms with E-state index < -0.39 is 0 Å². The summed E-state index contributed by atoms with van der Waals surface area (Å²) in [6.45, 7) is 6.75. The van der Waals surface area contributed by atoms with Gasteiger partial charge in [-0.1, -0.05) is 19.9 Å². The monoisotopic (exact) mass is 192 g/mol. The Morgan fingerprint density at radius 1 is 1.36 bits per heavy atom. The van der Waals surface area contributed by atoms with Gasteiger partial charge in [0.25, 0.3) is 0 Å². The zero-order valence-electron chi connectivity index (χ0n) is 9.40. The minimum absolute atomic E-state index is 0.740. The van der Waals surface area contributed by atoms with Crippen LogP contribution in [-0.4, -0.2) is 30.0 Å². The fourth-order valence-electron chi connectivity index (χ4n) is 1.57. The predicted octanol–water partition coefficient (Wildman–Crippen LogP) is 2.21. The van der Waals surface area contributed by atoms with Crippen molar-refractivity contribution < 1.29 is 0 Å². The first-order valence-electron chi connectivity index (χ1n) is 5.27. The van der Waals surface area contributed by atoms with E-state index in [2.05, 4.69) is 36.8 Å².